The number of hydrogen-bond acceptors (Lipinski definition) is 3. The van der Waals surface area contributed by atoms with Gasteiger partial charge in [-0.25, -0.2) is 4.79 Å². The maximum absolute atomic E-state index is 12.6. The number of nitrogens with zero attached hydrogens (tertiary/aromatic N) is 2. The van der Waals surface area contributed by atoms with Crippen LogP contribution in [0, 0.1) is 3.57 Å². The highest BCUT2D eigenvalue weighted by molar-refractivity contribution is 14.1. The number of rotatable bonds is 3. The van der Waals surface area contributed by atoms with Crippen molar-refractivity contribution in [2.75, 3.05) is 38.5 Å². The Morgan fingerprint density at radius 1 is 1.31 bits per heavy atom. The molecule has 3 aliphatic rings. The third kappa shape index (κ3) is 2.99. The van der Waals surface area contributed by atoms with E-state index in [9.17, 15) is 4.79 Å². The number of fused-ring (bicyclic) bond motifs is 2. The van der Waals surface area contributed by atoms with E-state index in [1.54, 1.807) is 11.1 Å². The molecule has 4 rings (SSSR count). The molecule has 1 aromatic carbocycles. The number of piperidine rings is 1. The van der Waals surface area contributed by atoms with Crippen LogP contribution in [0.5, 0.6) is 0 Å². The first-order valence-corrected chi connectivity index (χ1v) is 10.9. The zero-order valence-electron chi connectivity index (χ0n) is 15.9. The van der Waals surface area contributed by atoms with Gasteiger partial charge in [0, 0.05) is 59.4 Å². The van der Waals surface area contributed by atoms with Gasteiger partial charge >= 0.3 is 6.03 Å². The minimum absolute atomic E-state index is 0.0789. The number of likely N-dealkylation sites (tertiary alicyclic amines) is 1. The maximum atomic E-state index is 12.6. The van der Waals surface area contributed by atoms with Gasteiger partial charge in [0.05, 0.1) is 0 Å². The molecule has 0 aromatic heterocycles. The van der Waals surface area contributed by atoms with E-state index in [2.05, 4.69) is 57.3 Å². The highest BCUT2D eigenvalue weighted by Crippen LogP contribution is 2.51. The second-order valence-electron chi connectivity index (χ2n) is 7.90. The molecule has 2 amide bonds. The van der Waals surface area contributed by atoms with Crippen LogP contribution in [0.2, 0.25) is 0 Å². The predicted molar refractivity (Wildman–Crippen MR) is 114 cm³/mol. The van der Waals surface area contributed by atoms with Crippen molar-refractivity contribution in [3.63, 3.8) is 0 Å². The number of likely N-dealkylation sites (N-methyl/N-ethyl adjacent to an activating group) is 1. The molecule has 6 heteroatoms. The Morgan fingerprint density at radius 3 is 2.81 bits per heavy atom. The molecule has 1 aliphatic carbocycles. The zero-order chi connectivity index (χ0) is 18.4. The normalized spacial score (nSPS) is 29.5. The van der Waals surface area contributed by atoms with Crippen LogP contribution < -0.4 is 10.6 Å². The molecular formula is C20H29IN4O. The van der Waals surface area contributed by atoms with Crippen LogP contribution in [0.3, 0.4) is 0 Å². The number of carbonyl (C=O) groups is 1. The SMILES string of the molecule is CCN(CC)C(=O)N[C@H]1CC2c3c(I)ccc4c3C(CN4)C[C@H]2N(C)C1. The smallest absolute Gasteiger partial charge is 0.317 e. The Kier molecular flexibility index (Phi) is 5.07. The van der Waals surface area contributed by atoms with Crippen LogP contribution in [-0.2, 0) is 0 Å². The molecule has 2 aliphatic heterocycles. The Morgan fingerprint density at radius 2 is 2.08 bits per heavy atom. The molecule has 2 N–H and O–H groups in total. The molecule has 2 heterocycles. The summed E-state index contributed by atoms with van der Waals surface area (Å²) in [6, 6.07) is 5.37. The highest BCUT2D eigenvalue weighted by Gasteiger charge is 2.45. The van der Waals surface area contributed by atoms with E-state index in [0.717, 1.165) is 32.6 Å². The molecular weight excluding hydrogens is 439 g/mol. The van der Waals surface area contributed by atoms with Crippen molar-refractivity contribution in [3.05, 3.63) is 26.8 Å². The van der Waals surface area contributed by atoms with Crippen molar-refractivity contribution in [2.24, 2.45) is 0 Å². The number of hydrogen-bond donors (Lipinski definition) is 2. The molecule has 2 unspecified atom stereocenters. The van der Waals surface area contributed by atoms with Crippen LogP contribution in [0.15, 0.2) is 12.1 Å². The fraction of sp³-hybridized carbons (Fsp3) is 0.650. The fourth-order valence-electron chi connectivity index (χ4n) is 5.27. The summed E-state index contributed by atoms with van der Waals surface area (Å²) < 4.78 is 1.38. The van der Waals surface area contributed by atoms with Gasteiger partial charge in [-0.2, -0.15) is 0 Å². The first-order valence-electron chi connectivity index (χ1n) is 9.85. The standard InChI is InChI=1S/C20H29IN4O/c1-4-25(5-2)20(26)23-13-9-14-17(24(3)11-13)8-12-10-22-16-7-6-15(21)19(14)18(12)16/h6-7,12-14,17,22H,4-5,8-11H2,1-3H3,(H,23,26)/t12?,13-,14?,17+/m0/s1. The van der Waals surface area contributed by atoms with Gasteiger partial charge in [0.25, 0.3) is 0 Å². The van der Waals surface area contributed by atoms with E-state index in [4.69, 9.17) is 0 Å². The first-order chi connectivity index (χ1) is 12.5. The number of amides is 2. The Balaban J connectivity index is 1.60. The fourth-order valence-corrected chi connectivity index (χ4v) is 6.14. The lowest BCUT2D eigenvalue weighted by Gasteiger charge is -2.48. The van der Waals surface area contributed by atoms with Crippen molar-refractivity contribution in [3.8, 4) is 0 Å². The van der Waals surface area contributed by atoms with Crippen molar-refractivity contribution in [1.29, 1.82) is 0 Å². The van der Waals surface area contributed by atoms with Crippen LogP contribution in [0.25, 0.3) is 0 Å². The average molecular weight is 468 g/mol. The lowest BCUT2D eigenvalue weighted by Crippen LogP contribution is -2.56. The second-order valence-corrected chi connectivity index (χ2v) is 9.07. The van der Waals surface area contributed by atoms with Gasteiger partial charge in [0.15, 0.2) is 0 Å². The monoisotopic (exact) mass is 468 g/mol. The lowest BCUT2D eigenvalue weighted by atomic mass is 9.70. The molecule has 5 nitrogen and oxygen atoms in total. The molecule has 0 spiro atoms. The number of anilines is 1. The molecule has 26 heavy (non-hydrogen) atoms. The van der Waals surface area contributed by atoms with Crippen LogP contribution in [-0.4, -0.2) is 61.1 Å². The molecule has 1 aromatic rings. The topological polar surface area (TPSA) is 47.6 Å². The summed E-state index contributed by atoms with van der Waals surface area (Å²) in [6.07, 6.45) is 2.27. The summed E-state index contributed by atoms with van der Waals surface area (Å²) in [5.41, 5.74) is 4.44. The van der Waals surface area contributed by atoms with E-state index >= 15 is 0 Å². The Hall–Kier alpha value is -1.02. The first kappa shape index (κ1) is 18.3. The van der Waals surface area contributed by atoms with Gasteiger partial charge in [0.1, 0.15) is 0 Å². The van der Waals surface area contributed by atoms with Gasteiger partial charge in [-0.05, 0) is 79.6 Å². The minimum atomic E-state index is 0.0789. The molecule has 0 saturated carbocycles. The highest BCUT2D eigenvalue weighted by atomic mass is 127. The minimum Gasteiger partial charge on any atom is -0.384 e. The van der Waals surface area contributed by atoms with E-state index < -0.39 is 0 Å². The molecule has 0 bridgehead atoms. The summed E-state index contributed by atoms with van der Waals surface area (Å²) in [7, 11) is 2.23. The lowest BCUT2D eigenvalue weighted by molar-refractivity contribution is 0.108. The molecule has 4 atom stereocenters. The summed E-state index contributed by atoms with van der Waals surface area (Å²) >= 11 is 2.51. The summed E-state index contributed by atoms with van der Waals surface area (Å²) in [5.74, 6) is 1.15. The zero-order valence-corrected chi connectivity index (χ0v) is 18.0. The van der Waals surface area contributed by atoms with E-state index in [1.165, 1.54) is 15.7 Å². The van der Waals surface area contributed by atoms with Crippen LogP contribution in [0.1, 0.15) is 49.7 Å². The average Bonchev–Trinajstić information content (AvgIpc) is 3.02. The number of halogens is 1. The van der Waals surface area contributed by atoms with Gasteiger partial charge in [0.2, 0.25) is 0 Å². The largest absolute Gasteiger partial charge is 0.384 e. The van der Waals surface area contributed by atoms with Crippen LogP contribution >= 0.6 is 22.6 Å². The third-order valence-corrected chi connectivity index (χ3v) is 7.47. The summed E-state index contributed by atoms with van der Waals surface area (Å²) in [6.45, 7) is 7.61. The number of carbonyl (C=O) groups excluding carboxylic acids is 1. The van der Waals surface area contributed by atoms with E-state index in [-0.39, 0.29) is 12.1 Å². The van der Waals surface area contributed by atoms with Gasteiger partial charge < -0.3 is 20.4 Å². The van der Waals surface area contributed by atoms with E-state index in [1.807, 2.05) is 18.7 Å². The van der Waals surface area contributed by atoms with Crippen molar-refractivity contribution in [1.82, 2.24) is 15.1 Å². The number of urea groups is 1. The predicted octanol–water partition coefficient (Wildman–Crippen LogP) is 3.41. The molecule has 0 radical (unpaired) electrons. The maximum Gasteiger partial charge on any atom is 0.317 e. The Labute approximate surface area is 170 Å². The van der Waals surface area contributed by atoms with Crippen molar-refractivity contribution >= 4 is 34.3 Å². The number of nitrogens with one attached hydrogen (secondary N) is 2. The summed E-state index contributed by atoms with van der Waals surface area (Å²) in [4.78, 5) is 16.9. The van der Waals surface area contributed by atoms with Gasteiger partial charge in [-0.1, -0.05) is 0 Å². The molecule has 1 fully saturated rings. The second kappa shape index (κ2) is 7.19. The van der Waals surface area contributed by atoms with Gasteiger partial charge in [-0.15, -0.1) is 0 Å². The quantitative estimate of drug-likeness (QED) is 0.669. The number of benzene rings is 1. The Bertz CT molecular complexity index is 705. The third-order valence-electron chi connectivity index (χ3n) is 6.53. The van der Waals surface area contributed by atoms with Gasteiger partial charge in [-0.3, -0.25) is 0 Å². The van der Waals surface area contributed by atoms with E-state index in [0.29, 0.717) is 17.9 Å². The van der Waals surface area contributed by atoms with Crippen molar-refractivity contribution in [2.45, 2.75) is 50.6 Å². The summed E-state index contributed by atoms with van der Waals surface area (Å²) in [5, 5.41) is 6.91. The molecule has 142 valence electrons. The van der Waals surface area contributed by atoms with Crippen LogP contribution in [0.4, 0.5) is 10.5 Å². The van der Waals surface area contributed by atoms with Crippen molar-refractivity contribution < 1.29 is 4.79 Å². The molecule has 1 saturated heterocycles.